The first-order valence-electron chi connectivity index (χ1n) is 12.0. The molecule has 2 aromatic carbocycles. The average Bonchev–Trinajstić information content (AvgIpc) is 3.18. The fourth-order valence-corrected chi connectivity index (χ4v) is 4.48. The van der Waals surface area contributed by atoms with Crippen molar-refractivity contribution in [3.05, 3.63) is 83.7 Å². The Morgan fingerprint density at radius 3 is 2.19 bits per heavy atom. The van der Waals surface area contributed by atoms with Gasteiger partial charge in [0.25, 0.3) is 0 Å². The molecule has 36 heavy (non-hydrogen) atoms. The Bertz CT molecular complexity index is 1200. The first kappa shape index (κ1) is 25.2. The summed E-state index contributed by atoms with van der Waals surface area (Å²) in [7, 11) is 3.11. The fraction of sp³-hybridized carbons (Fsp3) is 0.345. The Hall–Kier alpha value is -3.87. The second-order valence-electron chi connectivity index (χ2n) is 9.90. The summed E-state index contributed by atoms with van der Waals surface area (Å²) in [4.78, 5) is 31.8. The molecule has 1 amide bonds. The lowest BCUT2D eigenvalue weighted by Gasteiger charge is -2.30. The highest BCUT2D eigenvalue weighted by atomic mass is 16.6. The van der Waals surface area contributed by atoms with E-state index >= 15 is 0 Å². The van der Waals surface area contributed by atoms with Gasteiger partial charge in [-0.25, -0.2) is 9.59 Å². The molecule has 0 N–H and O–H groups in total. The smallest absolute Gasteiger partial charge is 0.410 e. The largest absolute Gasteiger partial charge is 0.495 e. The van der Waals surface area contributed by atoms with Crippen molar-refractivity contribution in [3.8, 4) is 16.9 Å². The monoisotopic (exact) mass is 488 g/mol. The standard InChI is InChI=1S/C29H32N2O5/c1-29(2,3)36-27(32)26(15-19-14-20(34-5)17-30-16-19)31(4)28(33)35-18-25-23-12-8-6-10-21(23)22-11-7-9-13-24(22)25/h6-14,16-17,25-26H,15,18H2,1-5H3/t26-/m0/s1. The van der Waals surface area contributed by atoms with Crippen LogP contribution in [-0.4, -0.2) is 54.4 Å². The normalized spacial score (nSPS) is 13.4. The second-order valence-corrected chi connectivity index (χ2v) is 9.90. The minimum atomic E-state index is -0.895. The van der Waals surface area contributed by atoms with E-state index in [0.717, 1.165) is 27.8 Å². The van der Waals surface area contributed by atoms with E-state index in [2.05, 4.69) is 29.2 Å². The Labute approximate surface area is 212 Å². The molecule has 7 heteroatoms. The first-order chi connectivity index (χ1) is 17.2. The van der Waals surface area contributed by atoms with Crippen LogP contribution in [0.15, 0.2) is 67.0 Å². The molecular weight excluding hydrogens is 456 g/mol. The van der Waals surface area contributed by atoms with Crippen LogP contribution in [0.1, 0.15) is 43.4 Å². The molecular formula is C29H32N2O5. The summed E-state index contributed by atoms with van der Waals surface area (Å²) in [5, 5.41) is 0. The van der Waals surface area contributed by atoms with Gasteiger partial charge in [0, 0.05) is 25.6 Å². The van der Waals surface area contributed by atoms with E-state index in [4.69, 9.17) is 14.2 Å². The summed E-state index contributed by atoms with van der Waals surface area (Å²) in [6.07, 6.45) is 2.84. The number of aromatic nitrogens is 1. The zero-order valence-corrected chi connectivity index (χ0v) is 21.4. The van der Waals surface area contributed by atoms with E-state index in [0.29, 0.717) is 5.75 Å². The van der Waals surface area contributed by atoms with Gasteiger partial charge in [-0.1, -0.05) is 48.5 Å². The number of methoxy groups -OCH3 is 1. The van der Waals surface area contributed by atoms with Crippen molar-refractivity contribution < 1.29 is 23.8 Å². The Morgan fingerprint density at radius 1 is 1.00 bits per heavy atom. The summed E-state index contributed by atoms with van der Waals surface area (Å²) in [5.41, 5.74) is 4.59. The van der Waals surface area contributed by atoms with Gasteiger partial charge in [-0.3, -0.25) is 9.88 Å². The zero-order chi connectivity index (χ0) is 25.9. The highest BCUT2D eigenvalue weighted by Crippen LogP contribution is 2.44. The van der Waals surface area contributed by atoms with E-state index in [1.807, 2.05) is 24.3 Å². The van der Waals surface area contributed by atoms with Crippen LogP contribution in [0, 0.1) is 0 Å². The van der Waals surface area contributed by atoms with Gasteiger partial charge in [-0.2, -0.15) is 0 Å². The molecule has 0 unspecified atom stereocenters. The average molecular weight is 489 g/mol. The number of nitrogens with zero attached hydrogens (tertiary/aromatic N) is 2. The van der Waals surface area contributed by atoms with Crippen molar-refractivity contribution in [1.29, 1.82) is 0 Å². The van der Waals surface area contributed by atoms with Crippen LogP contribution in [0.5, 0.6) is 5.75 Å². The van der Waals surface area contributed by atoms with Gasteiger partial charge in [0.2, 0.25) is 0 Å². The highest BCUT2D eigenvalue weighted by molar-refractivity contribution is 5.82. The van der Waals surface area contributed by atoms with Crippen molar-refractivity contribution in [1.82, 2.24) is 9.88 Å². The SMILES string of the molecule is COc1cncc(C[C@@H](C(=O)OC(C)(C)C)N(C)C(=O)OCC2c3ccccc3-c3ccccc32)c1. The van der Waals surface area contributed by atoms with Crippen LogP contribution in [-0.2, 0) is 20.7 Å². The molecule has 0 radical (unpaired) electrons. The number of hydrogen-bond acceptors (Lipinski definition) is 6. The number of benzene rings is 2. The lowest BCUT2D eigenvalue weighted by molar-refractivity contribution is -0.160. The van der Waals surface area contributed by atoms with Crippen LogP contribution in [0.3, 0.4) is 0 Å². The third-order valence-electron chi connectivity index (χ3n) is 6.20. The number of amides is 1. The molecule has 1 aliphatic rings. The predicted octanol–water partition coefficient (Wildman–Crippen LogP) is 5.22. The van der Waals surface area contributed by atoms with E-state index < -0.39 is 23.7 Å². The van der Waals surface area contributed by atoms with E-state index in [1.165, 1.54) is 4.90 Å². The third-order valence-corrected chi connectivity index (χ3v) is 6.20. The van der Waals surface area contributed by atoms with Gasteiger partial charge in [0.15, 0.2) is 0 Å². The number of hydrogen-bond donors (Lipinski definition) is 0. The Balaban J connectivity index is 1.52. The number of likely N-dealkylation sites (N-methyl/N-ethyl adjacent to an activating group) is 1. The summed E-state index contributed by atoms with van der Waals surface area (Å²) in [5.74, 6) is -0.0159. The molecule has 1 aliphatic carbocycles. The fourth-order valence-electron chi connectivity index (χ4n) is 4.48. The first-order valence-corrected chi connectivity index (χ1v) is 12.0. The van der Waals surface area contributed by atoms with Gasteiger partial charge in [-0.15, -0.1) is 0 Å². The number of rotatable bonds is 7. The van der Waals surface area contributed by atoms with Crippen LogP contribution >= 0.6 is 0 Å². The maximum absolute atomic E-state index is 13.2. The third kappa shape index (κ3) is 5.51. The van der Waals surface area contributed by atoms with Crippen LogP contribution in [0.4, 0.5) is 4.79 Å². The zero-order valence-electron chi connectivity index (χ0n) is 21.4. The summed E-state index contributed by atoms with van der Waals surface area (Å²) in [6, 6.07) is 17.2. The van der Waals surface area contributed by atoms with Gasteiger partial charge in [0.05, 0.1) is 13.3 Å². The second kappa shape index (κ2) is 10.4. The van der Waals surface area contributed by atoms with Gasteiger partial charge in [0.1, 0.15) is 24.0 Å². The molecule has 7 nitrogen and oxygen atoms in total. The van der Waals surface area contributed by atoms with Gasteiger partial charge in [-0.05, 0) is 54.7 Å². The molecule has 1 atom stereocenters. The van der Waals surface area contributed by atoms with Crippen molar-refractivity contribution in [2.24, 2.45) is 0 Å². The molecule has 0 saturated carbocycles. The Morgan fingerprint density at radius 2 is 1.61 bits per heavy atom. The predicted molar refractivity (Wildman–Crippen MR) is 137 cm³/mol. The number of fused-ring (bicyclic) bond motifs is 3. The van der Waals surface area contributed by atoms with Crippen molar-refractivity contribution in [3.63, 3.8) is 0 Å². The molecule has 0 fully saturated rings. The maximum Gasteiger partial charge on any atom is 0.410 e. The van der Waals surface area contributed by atoms with Crippen molar-refractivity contribution in [2.45, 2.75) is 44.8 Å². The molecule has 0 aliphatic heterocycles. The quantitative estimate of drug-likeness (QED) is 0.424. The van der Waals surface area contributed by atoms with Crippen molar-refractivity contribution >= 4 is 12.1 Å². The summed E-state index contributed by atoms with van der Waals surface area (Å²) in [6.45, 7) is 5.55. The van der Waals surface area contributed by atoms with E-state index in [-0.39, 0.29) is 18.9 Å². The molecule has 1 heterocycles. The molecule has 1 aromatic heterocycles. The minimum Gasteiger partial charge on any atom is -0.495 e. The number of ether oxygens (including phenoxy) is 3. The molecule has 188 valence electrons. The number of pyridine rings is 1. The van der Waals surface area contributed by atoms with Gasteiger partial charge < -0.3 is 14.2 Å². The molecule has 0 saturated heterocycles. The number of carbonyl (C=O) groups is 2. The minimum absolute atomic E-state index is 0.0719. The topological polar surface area (TPSA) is 78.0 Å². The Kier molecular flexibility index (Phi) is 7.29. The lowest BCUT2D eigenvalue weighted by Crippen LogP contribution is -2.47. The van der Waals surface area contributed by atoms with Gasteiger partial charge >= 0.3 is 12.1 Å². The van der Waals surface area contributed by atoms with E-state index in [9.17, 15) is 9.59 Å². The van der Waals surface area contributed by atoms with Crippen LogP contribution < -0.4 is 4.74 Å². The molecule has 0 bridgehead atoms. The van der Waals surface area contributed by atoms with Crippen LogP contribution in [0.2, 0.25) is 0 Å². The molecule has 4 rings (SSSR count). The molecule has 0 spiro atoms. The molecule has 3 aromatic rings. The summed E-state index contributed by atoms with van der Waals surface area (Å²) < 4.78 is 16.7. The maximum atomic E-state index is 13.2. The number of esters is 1. The van der Waals surface area contributed by atoms with E-state index in [1.54, 1.807) is 53.4 Å². The summed E-state index contributed by atoms with van der Waals surface area (Å²) >= 11 is 0. The van der Waals surface area contributed by atoms with Crippen LogP contribution in [0.25, 0.3) is 11.1 Å². The van der Waals surface area contributed by atoms with Crippen molar-refractivity contribution in [2.75, 3.05) is 20.8 Å². The highest BCUT2D eigenvalue weighted by Gasteiger charge is 2.34. The number of carbonyl (C=O) groups excluding carboxylic acids is 2. The lowest BCUT2D eigenvalue weighted by atomic mass is 9.98.